The average Bonchev–Trinajstić information content (AvgIpc) is 2.61. The molecule has 0 saturated carbocycles. The highest BCUT2D eigenvalue weighted by molar-refractivity contribution is 5.83. The second-order valence-electron chi connectivity index (χ2n) is 5.56. The summed E-state index contributed by atoms with van der Waals surface area (Å²) >= 11 is 0. The van der Waals surface area contributed by atoms with Crippen molar-refractivity contribution in [2.75, 3.05) is 33.4 Å². The van der Waals surface area contributed by atoms with Crippen molar-refractivity contribution in [1.29, 1.82) is 0 Å². The molecule has 0 aliphatic carbocycles. The van der Waals surface area contributed by atoms with Gasteiger partial charge in [-0.25, -0.2) is 10.2 Å². The third kappa shape index (κ3) is 6.37. The van der Waals surface area contributed by atoms with E-state index in [9.17, 15) is 9.59 Å². The predicted octanol–water partition coefficient (Wildman–Crippen LogP) is 1.17. The van der Waals surface area contributed by atoms with Crippen LogP contribution in [0.15, 0.2) is 29.4 Å². The molecule has 1 amide bonds. The van der Waals surface area contributed by atoms with Crippen molar-refractivity contribution in [3.05, 3.63) is 29.8 Å². The number of hydrogen-bond acceptors (Lipinski definition) is 6. The van der Waals surface area contributed by atoms with Gasteiger partial charge in [-0.3, -0.25) is 9.69 Å². The van der Waals surface area contributed by atoms with Gasteiger partial charge in [0.1, 0.15) is 5.75 Å². The van der Waals surface area contributed by atoms with Gasteiger partial charge in [-0.15, -0.1) is 0 Å². The Morgan fingerprint density at radius 2 is 1.92 bits per heavy atom. The molecule has 0 bridgehead atoms. The van der Waals surface area contributed by atoms with Crippen molar-refractivity contribution in [2.24, 2.45) is 5.10 Å². The Kier molecular flexibility index (Phi) is 7.22. The molecule has 24 heavy (non-hydrogen) atoms. The third-order valence-electron chi connectivity index (χ3n) is 3.68. The molecule has 130 valence electrons. The number of rotatable bonds is 7. The summed E-state index contributed by atoms with van der Waals surface area (Å²) in [6, 6.07) is 7.01. The van der Waals surface area contributed by atoms with E-state index >= 15 is 0 Å². The number of piperidine rings is 1. The molecule has 0 atom stereocenters. The average molecular weight is 333 g/mol. The van der Waals surface area contributed by atoms with E-state index in [-0.39, 0.29) is 12.5 Å². The first kappa shape index (κ1) is 17.9. The van der Waals surface area contributed by atoms with E-state index in [2.05, 4.69) is 20.2 Å². The van der Waals surface area contributed by atoms with Crippen LogP contribution < -0.4 is 10.2 Å². The van der Waals surface area contributed by atoms with E-state index in [1.807, 2.05) is 0 Å². The minimum absolute atomic E-state index is 0.105. The highest BCUT2D eigenvalue weighted by Crippen LogP contribution is 2.11. The first-order valence-corrected chi connectivity index (χ1v) is 8.01. The summed E-state index contributed by atoms with van der Waals surface area (Å²) in [5.41, 5.74) is 3.36. The molecule has 1 heterocycles. The van der Waals surface area contributed by atoms with Gasteiger partial charge < -0.3 is 9.47 Å². The van der Waals surface area contributed by atoms with Crippen LogP contribution in [0.4, 0.5) is 0 Å². The van der Waals surface area contributed by atoms with Crippen LogP contribution in [0.25, 0.3) is 0 Å². The SMILES string of the molecule is COC(=O)COc1ccc(C=NNC(=O)CN2CCCCC2)cc1. The highest BCUT2D eigenvalue weighted by Gasteiger charge is 2.13. The van der Waals surface area contributed by atoms with Crippen LogP contribution in [0.5, 0.6) is 5.75 Å². The summed E-state index contributed by atoms with van der Waals surface area (Å²) in [6.45, 7) is 2.21. The quantitative estimate of drug-likeness (QED) is 0.460. The number of likely N-dealkylation sites (tertiary alicyclic amines) is 1. The number of hydrogen-bond donors (Lipinski definition) is 1. The molecule has 0 spiro atoms. The summed E-state index contributed by atoms with van der Waals surface area (Å²) < 4.78 is 9.74. The molecule has 1 aliphatic heterocycles. The van der Waals surface area contributed by atoms with Crippen molar-refractivity contribution in [3.8, 4) is 5.75 Å². The molecule has 1 saturated heterocycles. The van der Waals surface area contributed by atoms with E-state index in [1.165, 1.54) is 13.5 Å². The zero-order valence-electron chi connectivity index (χ0n) is 13.9. The van der Waals surface area contributed by atoms with Gasteiger partial charge in [0, 0.05) is 0 Å². The number of carbonyl (C=O) groups is 2. The van der Waals surface area contributed by atoms with Crippen LogP contribution in [-0.4, -0.2) is 56.3 Å². The Hall–Kier alpha value is -2.41. The van der Waals surface area contributed by atoms with Crippen LogP contribution in [0.1, 0.15) is 24.8 Å². The van der Waals surface area contributed by atoms with Gasteiger partial charge in [0.25, 0.3) is 5.91 Å². The van der Waals surface area contributed by atoms with E-state index < -0.39 is 5.97 Å². The van der Waals surface area contributed by atoms with E-state index in [1.54, 1.807) is 30.5 Å². The zero-order valence-corrected chi connectivity index (χ0v) is 13.9. The van der Waals surface area contributed by atoms with E-state index in [0.717, 1.165) is 31.5 Å². The monoisotopic (exact) mass is 333 g/mol. The van der Waals surface area contributed by atoms with Crippen LogP contribution in [0.3, 0.4) is 0 Å². The van der Waals surface area contributed by atoms with Crippen LogP contribution in [0.2, 0.25) is 0 Å². The van der Waals surface area contributed by atoms with Crippen molar-refractivity contribution < 1.29 is 19.1 Å². The molecule has 2 rings (SSSR count). The van der Waals surface area contributed by atoms with Crippen LogP contribution in [-0.2, 0) is 14.3 Å². The van der Waals surface area contributed by atoms with Crippen molar-refractivity contribution >= 4 is 18.1 Å². The van der Waals surface area contributed by atoms with Gasteiger partial charge in [0.15, 0.2) is 6.61 Å². The maximum Gasteiger partial charge on any atom is 0.343 e. The van der Waals surface area contributed by atoms with Crippen molar-refractivity contribution in [1.82, 2.24) is 10.3 Å². The summed E-state index contributed by atoms with van der Waals surface area (Å²) in [6.07, 6.45) is 5.12. The normalized spacial score (nSPS) is 15.2. The maximum atomic E-state index is 11.8. The molecular formula is C17H23N3O4. The molecule has 1 aromatic rings. The Morgan fingerprint density at radius 1 is 1.21 bits per heavy atom. The minimum atomic E-state index is -0.433. The number of esters is 1. The standard InChI is InChI=1S/C17H23N3O4/c1-23-17(22)13-24-15-7-5-14(6-8-15)11-18-19-16(21)12-20-9-3-2-4-10-20/h5-8,11H,2-4,9-10,12-13H2,1H3,(H,19,21). The Morgan fingerprint density at radius 3 is 2.58 bits per heavy atom. The number of methoxy groups -OCH3 is 1. The van der Waals surface area contributed by atoms with Crippen molar-refractivity contribution in [3.63, 3.8) is 0 Å². The number of benzene rings is 1. The maximum absolute atomic E-state index is 11.8. The zero-order chi connectivity index (χ0) is 17.2. The smallest absolute Gasteiger partial charge is 0.343 e. The Labute approximate surface area is 141 Å². The molecule has 0 unspecified atom stereocenters. The second kappa shape index (κ2) is 9.67. The number of hydrazone groups is 1. The van der Waals surface area contributed by atoms with Crippen LogP contribution >= 0.6 is 0 Å². The fourth-order valence-corrected chi connectivity index (χ4v) is 2.39. The lowest BCUT2D eigenvalue weighted by Crippen LogP contribution is -2.38. The summed E-state index contributed by atoms with van der Waals surface area (Å²) in [5.74, 6) is 0.0231. The highest BCUT2D eigenvalue weighted by atomic mass is 16.6. The fraction of sp³-hybridized carbons (Fsp3) is 0.471. The van der Waals surface area contributed by atoms with Crippen LogP contribution in [0, 0.1) is 0 Å². The molecule has 1 aliphatic rings. The molecule has 0 radical (unpaired) electrons. The van der Waals surface area contributed by atoms with Gasteiger partial charge in [0.2, 0.25) is 0 Å². The molecule has 7 heteroatoms. The van der Waals surface area contributed by atoms with Crippen molar-refractivity contribution in [2.45, 2.75) is 19.3 Å². The van der Waals surface area contributed by atoms with Gasteiger partial charge >= 0.3 is 5.97 Å². The van der Waals surface area contributed by atoms with E-state index in [4.69, 9.17) is 4.74 Å². The lowest BCUT2D eigenvalue weighted by Gasteiger charge is -2.25. The topological polar surface area (TPSA) is 80.2 Å². The predicted molar refractivity (Wildman–Crippen MR) is 90.0 cm³/mol. The lowest BCUT2D eigenvalue weighted by atomic mass is 10.1. The molecule has 1 aromatic carbocycles. The molecule has 7 nitrogen and oxygen atoms in total. The minimum Gasteiger partial charge on any atom is -0.482 e. The van der Waals surface area contributed by atoms with Gasteiger partial charge in [-0.1, -0.05) is 6.42 Å². The molecule has 1 fully saturated rings. The first-order valence-electron chi connectivity index (χ1n) is 8.01. The number of nitrogens with zero attached hydrogens (tertiary/aromatic N) is 2. The number of amides is 1. The first-order chi connectivity index (χ1) is 11.7. The van der Waals surface area contributed by atoms with Gasteiger partial charge in [-0.2, -0.15) is 5.10 Å². The van der Waals surface area contributed by atoms with Gasteiger partial charge in [0.05, 0.1) is 19.9 Å². The number of ether oxygens (including phenoxy) is 2. The lowest BCUT2D eigenvalue weighted by molar-refractivity contribution is -0.142. The molecular weight excluding hydrogens is 310 g/mol. The third-order valence-corrected chi connectivity index (χ3v) is 3.68. The molecule has 0 aromatic heterocycles. The van der Waals surface area contributed by atoms with Gasteiger partial charge in [-0.05, 0) is 55.8 Å². The second-order valence-corrected chi connectivity index (χ2v) is 5.56. The summed E-state index contributed by atoms with van der Waals surface area (Å²) in [5, 5.41) is 3.96. The molecule has 1 N–H and O–H groups in total. The summed E-state index contributed by atoms with van der Waals surface area (Å²) in [7, 11) is 1.31. The van der Waals surface area contributed by atoms with E-state index in [0.29, 0.717) is 12.3 Å². The fourth-order valence-electron chi connectivity index (χ4n) is 2.39. The number of nitrogens with one attached hydrogen (secondary N) is 1. The summed E-state index contributed by atoms with van der Waals surface area (Å²) in [4.78, 5) is 24.9. The largest absolute Gasteiger partial charge is 0.482 e. The number of carbonyl (C=O) groups excluding carboxylic acids is 2. The Balaban J connectivity index is 1.73. The Bertz CT molecular complexity index is 566.